The number of carboxylic acids is 1. The van der Waals surface area contributed by atoms with E-state index in [1.165, 1.54) is 12.1 Å². The van der Waals surface area contributed by atoms with Crippen molar-refractivity contribution in [3.8, 4) is 5.75 Å². The number of hydrogen-bond donors (Lipinski definition) is 2. The molecule has 23 heavy (non-hydrogen) atoms. The van der Waals surface area contributed by atoms with Crippen molar-refractivity contribution >= 4 is 23.5 Å². The van der Waals surface area contributed by atoms with Crippen LogP contribution in [-0.2, 0) is 9.59 Å². The molecular formula is C16H18N2O5. The van der Waals surface area contributed by atoms with Crippen molar-refractivity contribution in [1.29, 1.82) is 0 Å². The first kappa shape index (κ1) is 15.5. The summed E-state index contributed by atoms with van der Waals surface area (Å²) in [6.07, 6.45) is 3.30. The van der Waals surface area contributed by atoms with Crippen molar-refractivity contribution in [2.75, 3.05) is 18.0 Å². The van der Waals surface area contributed by atoms with Crippen LogP contribution in [0.4, 0.5) is 5.69 Å². The number of aromatic hydroxyl groups is 1. The molecule has 2 aliphatic rings. The van der Waals surface area contributed by atoms with Gasteiger partial charge < -0.3 is 10.2 Å². The quantitative estimate of drug-likeness (QED) is 0.813. The van der Waals surface area contributed by atoms with Crippen LogP contribution in [0, 0.1) is 0 Å². The topological polar surface area (TPSA) is 98.2 Å². The molecule has 2 amide bonds. The highest BCUT2D eigenvalue weighted by Crippen LogP contribution is 2.30. The van der Waals surface area contributed by atoms with Gasteiger partial charge in [0.15, 0.2) is 0 Å². The Labute approximate surface area is 133 Å². The molecule has 7 nitrogen and oxygen atoms in total. The van der Waals surface area contributed by atoms with Crippen LogP contribution in [0.3, 0.4) is 0 Å². The summed E-state index contributed by atoms with van der Waals surface area (Å²) in [6.45, 7) is 1.61. The zero-order chi connectivity index (χ0) is 16.6. The van der Waals surface area contributed by atoms with Gasteiger partial charge in [0.05, 0.1) is 18.2 Å². The maximum Gasteiger partial charge on any atom is 0.339 e. The standard InChI is InChI=1S/C16H18N2O5/c19-13-8-10(4-5-11(13)16(22)23)18-14(20)9-12(15(18)21)17-6-2-1-3-7-17/h4-5,8,12,19H,1-3,6-7,9H2,(H,22,23). The summed E-state index contributed by atoms with van der Waals surface area (Å²) in [4.78, 5) is 38.9. The van der Waals surface area contributed by atoms with Crippen molar-refractivity contribution in [3.63, 3.8) is 0 Å². The van der Waals surface area contributed by atoms with Gasteiger partial charge in [0, 0.05) is 6.07 Å². The Bertz CT molecular complexity index is 666. The molecular weight excluding hydrogens is 300 g/mol. The van der Waals surface area contributed by atoms with E-state index < -0.39 is 17.8 Å². The van der Waals surface area contributed by atoms with Crippen molar-refractivity contribution in [1.82, 2.24) is 4.90 Å². The highest BCUT2D eigenvalue weighted by Gasteiger charge is 2.43. The monoisotopic (exact) mass is 318 g/mol. The molecule has 0 saturated carbocycles. The third-order valence-corrected chi connectivity index (χ3v) is 4.42. The van der Waals surface area contributed by atoms with Gasteiger partial charge in [-0.2, -0.15) is 0 Å². The number of carboxylic acid groups (broad SMARTS) is 1. The molecule has 0 spiro atoms. The van der Waals surface area contributed by atoms with Crippen molar-refractivity contribution < 1.29 is 24.6 Å². The molecule has 3 rings (SSSR count). The van der Waals surface area contributed by atoms with E-state index in [0.717, 1.165) is 43.3 Å². The van der Waals surface area contributed by atoms with E-state index in [2.05, 4.69) is 0 Å². The van der Waals surface area contributed by atoms with E-state index >= 15 is 0 Å². The molecule has 1 aromatic carbocycles. The van der Waals surface area contributed by atoms with Gasteiger partial charge in [0.1, 0.15) is 11.3 Å². The van der Waals surface area contributed by atoms with Gasteiger partial charge in [0.25, 0.3) is 5.91 Å². The second-order valence-electron chi connectivity index (χ2n) is 5.89. The lowest BCUT2D eigenvalue weighted by molar-refractivity contribution is -0.123. The second-order valence-corrected chi connectivity index (χ2v) is 5.89. The lowest BCUT2D eigenvalue weighted by Gasteiger charge is -2.30. The molecule has 1 atom stereocenters. The summed E-state index contributed by atoms with van der Waals surface area (Å²) < 4.78 is 0. The van der Waals surface area contributed by atoms with Gasteiger partial charge in [-0.3, -0.25) is 14.5 Å². The molecule has 0 aromatic heterocycles. The van der Waals surface area contributed by atoms with Crippen LogP contribution in [-0.4, -0.2) is 52.0 Å². The van der Waals surface area contributed by atoms with Crippen LogP contribution in [0.5, 0.6) is 5.75 Å². The van der Waals surface area contributed by atoms with Crippen LogP contribution in [0.1, 0.15) is 36.0 Å². The van der Waals surface area contributed by atoms with E-state index in [4.69, 9.17) is 5.11 Å². The van der Waals surface area contributed by atoms with Crippen LogP contribution in [0.2, 0.25) is 0 Å². The fraction of sp³-hybridized carbons (Fsp3) is 0.438. The van der Waals surface area contributed by atoms with Crippen LogP contribution >= 0.6 is 0 Å². The average Bonchev–Trinajstić information content (AvgIpc) is 2.82. The predicted molar refractivity (Wildman–Crippen MR) is 81.4 cm³/mol. The first-order chi connectivity index (χ1) is 11.0. The van der Waals surface area contributed by atoms with Crippen LogP contribution < -0.4 is 4.90 Å². The predicted octanol–water partition coefficient (Wildman–Crippen LogP) is 1.21. The van der Waals surface area contributed by atoms with Crippen molar-refractivity contribution in [3.05, 3.63) is 23.8 Å². The molecule has 0 bridgehead atoms. The number of carbonyl (C=O) groups is 3. The van der Waals surface area contributed by atoms with Gasteiger partial charge in [-0.15, -0.1) is 0 Å². The molecule has 122 valence electrons. The first-order valence-corrected chi connectivity index (χ1v) is 7.66. The Balaban J connectivity index is 1.85. The molecule has 1 unspecified atom stereocenters. The number of carbonyl (C=O) groups excluding carboxylic acids is 2. The maximum atomic E-state index is 12.6. The smallest absolute Gasteiger partial charge is 0.339 e. The number of anilines is 1. The average molecular weight is 318 g/mol. The second kappa shape index (κ2) is 6.00. The molecule has 0 radical (unpaired) electrons. The highest BCUT2D eigenvalue weighted by molar-refractivity contribution is 6.22. The maximum absolute atomic E-state index is 12.6. The number of rotatable bonds is 3. The number of benzene rings is 1. The summed E-state index contributed by atoms with van der Waals surface area (Å²) in [5.74, 6) is -2.36. The molecule has 0 aliphatic carbocycles. The highest BCUT2D eigenvalue weighted by atomic mass is 16.4. The molecule has 2 aliphatic heterocycles. The Kier molecular flexibility index (Phi) is 4.04. The number of hydrogen-bond acceptors (Lipinski definition) is 5. The van der Waals surface area contributed by atoms with Gasteiger partial charge >= 0.3 is 5.97 Å². The number of piperidine rings is 1. The minimum absolute atomic E-state index is 0.125. The van der Waals surface area contributed by atoms with Gasteiger partial charge in [-0.1, -0.05) is 6.42 Å². The number of imide groups is 1. The van der Waals surface area contributed by atoms with Gasteiger partial charge in [0.2, 0.25) is 5.91 Å². The molecule has 2 saturated heterocycles. The van der Waals surface area contributed by atoms with E-state index in [-0.39, 0.29) is 29.5 Å². The third-order valence-electron chi connectivity index (χ3n) is 4.42. The largest absolute Gasteiger partial charge is 0.507 e. The summed E-state index contributed by atoms with van der Waals surface area (Å²) in [5.41, 5.74) is -0.0533. The summed E-state index contributed by atoms with van der Waals surface area (Å²) >= 11 is 0. The van der Waals surface area contributed by atoms with Gasteiger partial charge in [-0.25, -0.2) is 9.69 Å². The normalized spacial score (nSPS) is 22.6. The molecule has 7 heteroatoms. The SMILES string of the molecule is O=C(O)c1ccc(N2C(=O)CC(N3CCCCC3)C2=O)cc1O. The van der Waals surface area contributed by atoms with Gasteiger partial charge in [-0.05, 0) is 38.1 Å². The fourth-order valence-corrected chi connectivity index (χ4v) is 3.24. The number of likely N-dealkylation sites (tertiary alicyclic amines) is 1. The minimum Gasteiger partial charge on any atom is -0.507 e. The Morgan fingerprint density at radius 2 is 1.83 bits per heavy atom. The Morgan fingerprint density at radius 3 is 2.43 bits per heavy atom. The molecule has 2 heterocycles. The molecule has 2 fully saturated rings. The lowest BCUT2D eigenvalue weighted by Crippen LogP contribution is -2.44. The van der Waals surface area contributed by atoms with E-state index in [9.17, 15) is 19.5 Å². The molecule has 1 aromatic rings. The number of nitrogens with zero attached hydrogens (tertiary/aromatic N) is 2. The lowest BCUT2D eigenvalue weighted by atomic mass is 10.1. The zero-order valence-corrected chi connectivity index (χ0v) is 12.6. The van der Waals surface area contributed by atoms with Crippen LogP contribution in [0.15, 0.2) is 18.2 Å². The minimum atomic E-state index is -1.26. The van der Waals surface area contributed by atoms with Crippen molar-refractivity contribution in [2.45, 2.75) is 31.7 Å². The Hall–Kier alpha value is -2.41. The number of amides is 2. The Morgan fingerprint density at radius 1 is 1.13 bits per heavy atom. The fourth-order valence-electron chi connectivity index (χ4n) is 3.24. The summed E-state index contributed by atoms with van der Waals surface area (Å²) in [6, 6.07) is 3.26. The summed E-state index contributed by atoms with van der Waals surface area (Å²) in [7, 11) is 0. The number of aromatic carboxylic acids is 1. The first-order valence-electron chi connectivity index (χ1n) is 7.66. The number of phenols is 1. The third kappa shape index (κ3) is 2.79. The van der Waals surface area contributed by atoms with Crippen LogP contribution in [0.25, 0.3) is 0 Å². The zero-order valence-electron chi connectivity index (χ0n) is 12.6. The summed E-state index contributed by atoms with van der Waals surface area (Å²) in [5, 5.41) is 18.7. The van der Waals surface area contributed by atoms with E-state index in [1.54, 1.807) is 0 Å². The van der Waals surface area contributed by atoms with Crippen molar-refractivity contribution in [2.24, 2.45) is 0 Å². The van der Waals surface area contributed by atoms with E-state index in [0.29, 0.717) is 0 Å². The molecule has 2 N–H and O–H groups in total. The van der Waals surface area contributed by atoms with E-state index in [1.807, 2.05) is 4.90 Å².